The highest BCUT2D eigenvalue weighted by molar-refractivity contribution is 5.99. The molecule has 8 N–H and O–H groups in total. The van der Waals surface area contributed by atoms with Gasteiger partial charge in [-0.25, -0.2) is 49.2 Å². The average Bonchev–Trinajstić information content (AvgIpc) is 1.29. The van der Waals surface area contributed by atoms with Crippen LogP contribution in [-0.2, 0) is 23.9 Å². The zero-order valence-electron chi connectivity index (χ0n) is 53.7. The second-order valence-electron chi connectivity index (χ2n) is 23.3. The van der Waals surface area contributed by atoms with Gasteiger partial charge >= 0.3 is 12.4 Å². The molecule has 1 aromatic carbocycles. The van der Waals surface area contributed by atoms with Gasteiger partial charge in [-0.05, 0) is 82.3 Å². The number of carbonyl (C=O) groups excluding carboxylic acids is 4. The van der Waals surface area contributed by atoms with Gasteiger partial charge in [0.25, 0.3) is 0 Å². The Morgan fingerprint density at radius 2 is 1.22 bits per heavy atom. The summed E-state index contributed by atoms with van der Waals surface area (Å²) in [6.45, 7) is 4.27. The molecule has 26 nitrogen and oxygen atoms in total. The molecule has 2 aliphatic heterocycles. The number of anilines is 3. The Morgan fingerprint density at radius 1 is 0.673 bits per heavy atom. The maximum atomic E-state index is 12.8. The summed E-state index contributed by atoms with van der Waals surface area (Å²) in [6.07, 6.45) is 6.14. The van der Waals surface area contributed by atoms with E-state index in [1.165, 1.54) is 23.4 Å². The number of nitrogens with zero attached hydrogens (tertiary/aromatic N) is 11. The van der Waals surface area contributed by atoms with Gasteiger partial charge < -0.3 is 65.5 Å². The summed E-state index contributed by atoms with van der Waals surface area (Å²) in [7, 11) is 3.09. The topological polar surface area (TPSA) is 326 Å². The highest BCUT2D eigenvalue weighted by atomic mass is 19.4. The number of aromatic nitrogens is 12. The Bertz CT molecular complexity index is 4560. The van der Waals surface area contributed by atoms with Crippen molar-refractivity contribution in [3.8, 4) is 45.7 Å². The lowest BCUT2D eigenvalue weighted by molar-refractivity contribution is -0.142. The molecular formula is C65H80F7N19O7. The fraction of sp³-hybridized carbons (Fsp3) is 0.338. The SMILES string of the molecule is CC(C)=CC(=O)N1CCN(c2ccnc(-c3c[nH]c4ncccc34)n2)[C@@H](C(=O)NCC(F)(F)F)C1.COc1cc2nc(-c3c[nH]c4ncccc34)nc(NC(C)(C)C(=O)NCCF)c2cc1OC.O=C(NCC(F)(F)F)C1(Nc2ccnc(-c3c[nH]c4ncccc34)n2)CCOCC1.[HH].[HH].[HH].[HH].[HH].[HH]. The Hall–Kier alpha value is -11.1. The number of hydrogen-bond donors (Lipinski definition) is 8. The lowest BCUT2D eigenvalue weighted by atomic mass is 9.88. The molecular weight excluding hydrogens is 1290 g/mol. The zero-order chi connectivity index (χ0) is 69.9. The van der Waals surface area contributed by atoms with Gasteiger partial charge in [-0.2, -0.15) is 26.3 Å². The molecule has 9 aromatic heterocycles. The quantitative estimate of drug-likeness (QED) is 0.0292. The number of carbonyl (C=O) groups is 4. The normalized spacial score (nSPS) is 14.7. The molecule has 0 aliphatic carbocycles. The van der Waals surface area contributed by atoms with E-state index in [0.717, 1.165) is 32.9 Å². The maximum absolute atomic E-state index is 12.8. The summed E-state index contributed by atoms with van der Waals surface area (Å²) in [5.74, 6) is 1.13. The van der Waals surface area contributed by atoms with Gasteiger partial charge in [-0.3, -0.25) is 19.2 Å². The molecule has 0 radical (unpaired) electrons. The van der Waals surface area contributed by atoms with Crippen molar-refractivity contribution >= 4 is 85.1 Å². The van der Waals surface area contributed by atoms with Crippen LogP contribution in [-0.4, -0.2) is 191 Å². The summed E-state index contributed by atoms with van der Waals surface area (Å²) in [6, 6.07) is 16.7. The van der Waals surface area contributed by atoms with E-state index in [-0.39, 0.29) is 72.6 Å². The summed E-state index contributed by atoms with van der Waals surface area (Å²) >= 11 is 0. The number of amides is 4. The molecule has 1 atom stereocenters. The van der Waals surface area contributed by atoms with Gasteiger partial charge in [0, 0.05) is 154 Å². The predicted octanol–water partition coefficient (Wildman–Crippen LogP) is 10.3. The van der Waals surface area contributed by atoms with E-state index in [0.29, 0.717) is 79.8 Å². The van der Waals surface area contributed by atoms with Crippen LogP contribution in [0.5, 0.6) is 11.5 Å². The number of hydrogen-bond acceptors (Lipinski definition) is 19. The van der Waals surface area contributed by atoms with Gasteiger partial charge in [0.2, 0.25) is 23.6 Å². The third-order valence-corrected chi connectivity index (χ3v) is 15.7. The highest BCUT2D eigenvalue weighted by Crippen LogP contribution is 2.38. The first-order valence-electron chi connectivity index (χ1n) is 30.6. The number of ether oxygens (including phenoxy) is 3. The van der Waals surface area contributed by atoms with Crippen molar-refractivity contribution < 1.29 is 72.7 Å². The fourth-order valence-electron chi connectivity index (χ4n) is 10.9. The largest absolute Gasteiger partial charge is 0.493 e. The second-order valence-corrected chi connectivity index (χ2v) is 23.3. The van der Waals surface area contributed by atoms with Crippen molar-refractivity contribution in [2.45, 2.75) is 70.0 Å². The van der Waals surface area contributed by atoms with Crippen molar-refractivity contribution in [2.75, 3.05) is 88.9 Å². The van der Waals surface area contributed by atoms with E-state index < -0.39 is 61.1 Å². The molecule has 0 saturated carbocycles. The van der Waals surface area contributed by atoms with E-state index in [1.54, 1.807) is 120 Å². The fourth-order valence-corrected chi connectivity index (χ4v) is 10.9. The molecule has 10 aromatic rings. The highest BCUT2D eigenvalue weighted by Gasteiger charge is 2.43. The van der Waals surface area contributed by atoms with Crippen LogP contribution in [0.3, 0.4) is 0 Å². The van der Waals surface area contributed by atoms with Gasteiger partial charge in [0.1, 0.15) is 71.3 Å². The lowest BCUT2D eigenvalue weighted by Gasteiger charge is -2.41. The number of fused-ring (bicyclic) bond motifs is 4. The van der Waals surface area contributed by atoms with Crippen LogP contribution in [0, 0.1) is 0 Å². The Kier molecular flexibility index (Phi) is 21.3. The summed E-state index contributed by atoms with van der Waals surface area (Å²) < 4.78 is 105. The van der Waals surface area contributed by atoms with E-state index in [4.69, 9.17) is 24.2 Å². The number of rotatable bonds is 18. The van der Waals surface area contributed by atoms with Gasteiger partial charge in [0.15, 0.2) is 29.0 Å². The number of halogens is 7. The summed E-state index contributed by atoms with van der Waals surface area (Å²) in [5.41, 5.74) is 3.28. The molecule has 4 amide bonds. The van der Waals surface area contributed by atoms with Gasteiger partial charge in [0.05, 0.1) is 26.3 Å². The number of pyridine rings is 3. The van der Waals surface area contributed by atoms with Crippen molar-refractivity contribution in [3.63, 3.8) is 0 Å². The third kappa shape index (κ3) is 16.6. The molecule has 2 saturated heterocycles. The van der Waals surface area contributed by atoms with Gasteiger partial charge in [-0.15, -0.1) is 0 Å². The van der Waals surface area contributed by atoms with Crippen LogP contribution in [0.1, 0.15) is 49.1 Å². The minimum absolute atomic E-state index is 0. The van der Waals surface area contributed by atoms with Crippen LogP contribution in [0.25, 0.3) is 78.2 Å². The number of allylic oxidation sites excluding steroid dienone is 1. The van der Waals surface area contributed by atoms with Crippen LogP contribution in [0.2, 0.25) is 0 Å². The molecule has 98 heavy (non-hydrogen) atoms. The second kappa shape index (κ2) is 29.9. The number of piperazine rings is 1. The Labute approximate surface area is 563 Å². The van der Waals surface area contributed by atoms with Crippen molar-refractivity contribution in [1.29, 1.82) is 0 Å². The Morgan fingerprint density at radius 3 is 1.79 bits per heavy atom. The lowest BCUT2D eigenvalue weighted by Crippen LogP contribution is -2.61. The molecule has 11 heterocycles. The van der Waals surface area contributed by atoms with Crippen LogP contribution >= 0.6 is 0 Å². The average molecular weight is 1370 g/mol. The number of methoxy groups -OCH3 is 2. The molecule has 526 valence electrons. The van der Waals surface area contributed by atoms with Crippen molar-refractivity contribution in [1.82, 2.24) is 80.7 Å². The maximum Gasteiger partial charge on any atom is 0.405 e. The zero-order valence-corrected chi connectivity index (χ0v) is 53.7. The van der Waals surface area contributed by atoms with Crippen LogP contribution in [0.4, 0.5) is 48.2 Å². The first-order valence-corrected chi connectivity index (χ1v) is 30.6. The van der Waals surface area contributed by atoms with E-state index in [9.17, 15) is 49.9 Å². The monoisotopic (exact) mass is 1370 g/mol. The van der Waals surface area contributed by atoms with Crippen molar-refractivity contribution in [2.24, 2.45) is 0 Å². The smallest absolute Gasteiger partial charge is 0.405 e. The van der Waals surface area contributed by atoms with E-state index in [2.05, 4.69) is 65.8 Å². The number of alkyl halides is 7. The van der Waals surface area contributed by atoms with E-state index >= 15 is 0 Å². The molecule has 33 heteroatoms. The van der Waals surface area contributed by atoms with Crippen molar-refractivity contribution in [3.05, 3.63) is 122 Å². The molecule has 12 rings (SSSR count). The molecule has 2 aliphatic rings. The van der Waals surface area contributed by atoms with Gasteiger partial charge in [-0.1, -0.05) is 5.57 Å². The molecule has 0 spiro atoms. The molecule has 0 unspecified atom stereocenters. The standard InChI is InChI=1S/C23H24F3N7O2.C23H25FN6O3.C19H19F3N6O2.6H2/c1-14(2)10-19(34)32-8-9-33(17(12-32)22(35)30-13-23(24,25)26)18-5-7-28-21(31-18)16-11-29-20-15(16)4-3-6-27-20;1-23(2,22(31)26-9-7-24)30-21-14-10-17(32-3)18(33-4)11-16(14)28-20(29-21)15-12-27-19-13(15)6-5-8-25-19;20-19(21,22)11-26-17(29)18(4-8-30-9-5-18)28-14-3-7-24-16(27-14)13-10-25-15-12(13)2-1-6-23-15;;;;;;/h3-7,10-11,17H,8-9,12-13H2,1-2H3,(H,27,29)(H,30,35);5-6,8,10-12H,7,9H2,1-4H3,(H,25,27)(H,26,31)(H,28,29,30);1-3,6-7,10H,4-5,8-9,11H2,(H,23,25)(H,26,29)(H,24,27,28);6*1H/t17-;;;;;;;;/m1......../s1. The molecule has 0 bridgehead atoms. The number of H-pyrrole nitrogens is 3. The number of nitrogens with one attached hydrogen (secondary N) is 8. The minimum atomic E-state index is -4.56. The summed E-state index contributed by atoms with van der Waals surface area (Å²) in [5, 5.41) is 15.9. The van der Waals surface area contributed by atoms with E-state index in [1.807, 2.05) is 34.9 Å². The number of benzene rings is 1. The van der Waals surface area contributed by atoms with Crippen LogP contribution in [0.15, 0.2) is 122 Å². The minimum Gasteiger partial charge on any atom is -0.493 e. The first-order chi connectivity index (χ1) is 46.9. The third-order valence-electron chi connectivity index (χ3n) is 15.7. The van der Waals surface area contributed by atoms with Crippen LogP contribution < -0.4 is 41.0 Å². The first kappa shape index (κ1) is 69.7. The predicted molar refractivity (Wildman–Crippen MR) is 363 cm³/mol. The molecule has 2 fully saturated rings. The Balaban J connectivity index is 0.000000322. The summed E-state index contributed by atoms with van der Waals surface area (Å²) in [4.78, 5) is 103. The number of aromatic amines is 3.